The Morgan fingerprint density at radius 2 is 1.60 bits per heavy atom. The third-order valence-corrected chi connectivity index (χ3v) is 4.55. The van der Waals surface area contributed by atoms with Crippen molar-refractivity contribution in [1.82, 2.24) is 0 Å². The van der Waals surface area contributed by atoms with Crippen LogP contribution in [0, 0.1) is 10.1 Å². The quantitative estimate of drug-likeness (QED) is 0.274. The SMILES string of the molecule is CC(=O)Nc1ccc(Oc2ccc(C(=O)O)c(C(=O)O)c2)c(NC(=O)c2cccc([N+](=O)[O-])c2)c1. The van der Waals surface area contributed by atoms with Crippen LogP contribution < -0.4 is 15.4 Å². The smallest absolute Gasteiger partial charge is 0.336 e. The van der Waals surface area contributed by atoms with E-state index >= 15 is 0 Å². The molecule has 178 valence electrons. The zero-order valence-corrected chi connectivity index (χ0v) is 18.0. The van der Waals surface area contributed by atoms with E-state index in [1.807, 2.05) is 0 Å². The molecule has 12 nitrogen and oxygen atoms in total. The topological polar surface area (TPSA) is 185 Å². The summed E-state index contributed by atoms with van der Waals surface area (Å²) in [5.74, 6) is -4.02. The van der Waals surface area contributed by atoms with E-state index in [-0.39, 0.29) is 34.3 Å². The number of carbonyl (C=O) groups excluding carboxylic acids is 2. The molecule has 0 aliphatic rings. The Hall–Kier alpha value is -5.26. The molecule has 0 bridgehead atoms. The monoisotopic (exact) mass is 479 g/mol. The molecule has 35 heavy (non-hydrogen) atoms. The van der Waals surface area contributed by atoms with Crippen molar-refractivity contribution in [3.05, 3.63) is 87.5 Å². The molecule has 0 radical (unpaired) electrons. The van der Waals surface area contributed by atoms with Gasteiger partial charge in [0.15, 0.2) is 5.75 Å². The molecule has 3 aromatic carbocycles. The fourth-order valence-electron chi connectivity index (χ4n) is 3.03. The number of amides is 2. The van der Waals surface area contributed by atoms with Gasteiger partial charge in [0, 0.05) is 30.3 Å². The lowest BCUT2D eigenvalue weighted by Crippen LogP contribution is -2.14. The molecular formula is C23H17N3O9. The van der Waals surface area contributed by atoms with Gasteiger partial charge in [-0.2, -0.15) is 0 Å². The molecule has 12 heteroatoms. The number of carbonyl (C=O) groups is 4. The number of ether oxygens (including phenoxy) is 1. The number of carboxylic acid groups (broad SMARTS) is 2. The number of rotatable bonds is 8. The van der Waals surface area contributed by atoms with E-state index in [1.54, 1.807) is 0 Å². The standard InChI is InChI=1S/C23H17N3O9/c1-12(27)24-14-5-8-20(35-16-6-7-17(22(29)30)18(11-16)23(31)32)19(10-14)25-21(28)13-3-2-4-15(9-13)26(33)34/h2-11H,1H3,(H,24,27)(H,25,28)(H,29,30)(H,31,32). The first kappa shape index (κ1) is 24.4. The number of anilines is 2. The minimum Gasteiger partial charge on any atom is -0.478 e. The van der Waals surface area contributed by atoms with E-state index < -0.39 is 33.9 Å². The molecule has 0 saturated carbocycles. The molecule has 4 N–H and O–H groups in total. The summed E-state index contributed by atoms with van der Waals surface area (Å²) in [7, 11) is 0. The van der Waals surface area contributed by atoms with E-state index in [4.69, 9.17) is 4.74 Å². The summed E-state index contributed by atoms with van der Waals surface area (Å²) in [6.45, 7) is 1.28. The first-order chi connectivity index (χ1) is 16.5. The maximum absolute atomic E-state index is 12.8. The number of nitrogens with zero attached hydrogens (tertiary/aromatic N) is 1. The average Bonchev–Trinajstić information content (AvgIpc) is 2.80. The summed E-state index contributed by atoms with van der Waals surface area (Å²) in [5, 5.41) is 34.6. The Balaban J connectivity index is 1.99. The minimum atomic E-state index is -1.48. The van der Waals surface area contributed by atoms with E-state index in [2.05, 4.69) is 10.6 Å². The van der Waals surface area contributed by atoms with Crippen LogP contribution in [-0.4, -0.2) is 38.9 Å². The summed E-state index contributed by atoms with van der Waals surface area (Å²) < 4.78 is 5.70. The maximum Gasteiger partial charge on any atom is 0.336 e. The second-order valence-electron chi connectivity index (χ2n) is 7.07. The van der Waals surface area contributed by atoms with Crippen molar-refractivity contribution in [2.75, 3.05) is 10.6 Å². The van der Waals surface area contributed by atoms with Crippen LogP contribution in [0.1, 0.15) is 38.0 Å². The Morgan fingerprint density at radius 1 is 0.886 bits per heavy atom. The molecule has 0 heterocycles. The number of non-ortho nitro benzene ring substituents is 1. The van der Waals surface area contributed by atoms with Crippen molar-refractivity contribution < 1.29 is 39.1 Å². The van der Waals surface area contributed by atoms with E-state index in [1.165, 1.54) is 49.4 Å². The Kier molecular flexibility index (Phi) is 7.05. The van der Waals surface area contributed by atoms with Gasteiger partial charge in [-0.3, -0.25) is 19.7 Å². The maximum atomic E-state index is 12.8. The number of benzene rings is 3. The Bertz CT molecular complexity index is 1370. The van der Waals surface area contributed by atoms with Crippen molar-refractivity contribution in [3.8, 4) is 11.5 Å². The van der Waals surface area contributed by atoms with Crippen molar-refractivity contribution in [1.29, 1.82) is 0 Å². The molecule has 3 aromatic rings. The second-order valence-corrected chi connectivity index (χ2v) is 7.07. The summed E-state index contributed by atoms with van der Waals surface area (Å²) in [6.07, 6.45) is 0. The molecule has 0 saturated heterocycles. The second kappa shape index (κ2) is 10.1. The summed E-state index contributed by atoms with van der Waals surface area (Å²) in [6, 6.07) is 12.6. The fraction of sp³-hybridized carbons (Fsp3) is 0.0435. The number of hydrogen-bond acceptors (Lipinski definition) is 7. The molecule has 3 rings (SSSR count). The van der Waals surface area contributed by atoms with Crippen molar-refractivity contribution in [2.45, 2.75) is 6.92 Å². The van der Waals surface area contributed by atoms with Gasteiger partial charge in [0.2, 0.25) is 5.91 Å². The molecule has 0 aromatic heterocycles. The molecule has 0 atom stereocenters. The van der Waals surface area contributed by atoms with Crippen LogP contribution in [0.5, 0.6) is 11.5 Å². The third kappa shape index (κ3) is 5.96. The van der Waals surface area contributed by atoms with Crippen LogP contribution in [0.25, 0.3) is 0 Å². The lowest BCUT2D eigenvalue weighted by atomic mass is 10.1. The van der Waals surface area contributed by atoms with Gasteiger partial charge >= 0.3 is 11.9 Å². The van der Waals surface area contributed by atoms with Crippen LogP contribution in [0.4, 0.5) is 17.1 Å². The highest BCUT2D eigenvalue weighted by Gasteiger charge is 2.19. The number of aromatic carboxylic acids is 2. The first-order valence-electron chi connectivity index (χ1n) is 9.81. The van der Waals surface area contributed by atoms with Gasteiger partial charge in [0.1, 0.15) is 5.75 Å². The highest BCUT2D eigenvalue weighted by Crippen LogP contribution is 2.33. The van der Waals surface area contributed by atoms with Crippen molar-refractivity contribution in [2.24, 2.45) is 0 Å². The number of carboxylic acids is 2. The number of nitro groups is 1. The third-order valence-electron chi connectivity index (χ3n) is 4.55. The van der Waals surface area contributed by atoms with Gasteiger partial charge in [0.05, 0.1) is 21.7 Å². The van der Waals surface area contributed by atoms with Crippen LogP contribution in [0.15, 0.2) is 60.7 Å². The van der Waals surface area contributed by atoms with Gasteiger partial charge in [0.25, 0.3) is 11.6 Å². The van der Waals surface area contributed by atoms with Gasteiger partial charge < -0.3 is 25.6 Å². The lowest BCUT2D eigenvalue weighted by Gasteiger charge is -2.15. The summed E-state index contributed by atoms with van der Waals surface area (Å²) >= 11 is 0. The van der Waals surface area contributed by atoms with Gasteiger partial charge in [-0.15, -0.1) is 0 Å². The average molecular weight is 479 g/mol. The number of nitro benzene ring substituents is 1. The van der Waals surface area contributed by atoms with Crippen LogP contribution in [0.2, 0.25) is 0 Å². The Labute approximate surface area is 196 Å². The molecular weight excluding hydrogens is 462 g/mol. The predicted molar refractivity (Wildman–Crippen MR) is 122 cm³/mol. The largest absolute Gasteiger partial charge is 0.478 e. The van der Waals surface area contributed by atoms with E-state index in [0.717, 1.165) is 18.2 Å². The summed E-state index contributed by atoms with van der Waals surface area (Å²) in [4.78, 5) is 57.3. The van der Waals surface area contributed by atoms with Crippen molar-refractivity contribution in [3.63, 3.8) is 0 Å². The number of nitrogens with one attached hydrogen (secondary N) is 2. The highest BCUT2D eigenvalue weighted by molar-refractivity contribution is 6.06. The number of hydrogen-bond donors (Lipinski definition) is 4. The Morgan fingerprint density at radius 3 is 2.23 bits per heavy atom. The lowest BCUT2D eigenvalue weighted by molar-refractivity contribution is -0.384. The fourth-order valence-corrected chi connectivity index (χ4v) is 3.03. The molecule has 0 spiro atoms. The van der Waals surface area contributed by atoms with Gasteiger partial charge in [-0.05, 0) is 42.5 Å². The van der Waals surface area contributed by atoms with Crippen LogP contribution in [0.3, 0.4) is 0 Å². The zero-order chi connectivity index (χ0) is 25.7. The predicted octanol–water partition coefficient (Wildman–Crippen LogP) is 3.99. The van der Waals surface area contributed by atoms with Crippen LogP contribution >= 0.6 is 0 Å². The summed E-state index contributed by atoms with van der Waals surface area (Å²) in [5.41, 5.74) is -0.911. The van der Waals surface area contributed by atoms with Gasteiger partial charge in [-0.1, -0.05) is 6.07 Å². The minimum absolute atomic E-state index is 0.0194. The van der Waals surface area contributed by atoms with Gasteiger partial charge in [-0.25, -0.2) is 9.59 Å². The zero-order valence-electron chi connectivity index (χ0n) is 18.0. The van der Waals surface area contributed by atoms with E-state index in [9.17, 15) is 39.5 Å². The molecule has 0 aliphatic heterocycles. The van der Waals surface area contributed by atoms with Crippen molar-refractivity contribution >= 4 is 40.8 Å². The molecule has 0 fully saturated rings. The van der Waals surface area contributed by atoms with E-state index in [0.29, 0.717) is 5.69 Å². The molecule has 0 unspecified atom stereocenters. The first-order valence-corrected chi connectivity index (χ1v) is 9.81. The molecule has 2 amide bonds. The van der Waals surface area contributed by atoms with Crippen LogP contribution in [-0.2, 0) is 4.79 Å². The highest BCUT2D eigenvalue weighted by atomic mass is 16.6. The normalized spacial score (nSPS) is 10.2. The molecule has 0 aliphatic carbocycles.